The maximum absolute atomic E-state index is 13.0. The number of carbonyl (C=O) groups is 1. The number of rotatable bonds is 6. The molecule has 7 heteroatoms. The molecule has 2 aromatic carbocycles. The van der Waals surface area contributed by atoms with Crippen molar-refractivity contribution in [1.82, 2.24) is 10.2 Å². The molecule has 0 unspecified atom stereocenters. The van der Waals surface area contributed by atoms with Gasteiger partial charge in [0.25, 0.3) is 5.91 Å². The number of carbonyl (C=O) groups excluding carboxylic acids is 1. The van der Waals surface area contributed by atoms with E-state index >= 15 is 0 Å². The summed E-state index contributed by atoms with van der Waals surface area (Å²) in [5.41, 5.74) is 1.23. The van der Waals surface area contributed by atoms with E-state index in [9.17, 15) is 9.18 Å². The molecule has 0 saturated heterocycles. The first-order valence-corrected chi connectivity index (χ1v) is 9.12. The van der Waals surface area contributed by atoms with Crippen LogP contribution in [0.15, 0.2) is 48.5 Å². The lowest BCUT2D eigenvalue weighted by atomic mass is 10.2. The number of hydrogen-bond donors (Lipinski definition) is 1. The average molecular weight is 369 g/mol. The maximum atomic E-state index is 13.0. The molecule has 0 bridgehead atoms. The van der Waals surface area contributed by atoms with Crippen molar-refractivity contribution in [2.24, 2.45) is 0 Å². The molecule has 1 N–H and O–H groups in total. The van der Waals surface area contributed by atoms with Crippen molar-refractivity contribution in [1.29, 1.82) is 0 Å². The van der Waals surface area contributed by atoms with E-state index in [2.05, 4.69) is 15.5 Å². The summed E-state index contributed by atoms with van der Waals surface area (Å²) >= 11 is 1.41. The van der Waals surface area contributed by atoms with E-state index in [1.54, 1.807) is 36.4 Å². The highest BCUT2D eigenvalue weighted by molar-refractivity contribution is 7.15. The van der Waals surface area contributed by atoms with E-state index in [0.29, 0.717) is 22.4 Å². The van der Waals surface area contributed by atoms with Crippen LogP contribution in [0.4, 0.5) is 9.52 Å². The van der Waals surface area contributed by atoms with Crippen LogP contribution in [0.2, 0.25) is 0 Å². The van der Waals surface area contributed by atoms with E-state index in [1.165, 1.54) is 23.5 Å². The van der Waals surface area contributed by atoms with Crippen LogP contribution in [-0.4, -0.2) is 16.1 Å². The summed E-state index contributed by atoms with van der Waals surface area (Å²) in [7, 11) is 0. The number of ether oxygens (including phenoxy) is 1. The molecule has 1 aliphatic rings. The summed E-state index contributed by atoms with van der Waals surface area (Å²) in [5.74, 6) is 0.375. The predicted molar refractivity (Wildman–Crippen MR) is 97.0 cm³/mol. The number of nitrogens with zero attached hydrogens (tertiary/aromatic N) is 2. The van der Waals surface area contributed by atoms with E-state index in [1.807, 2.05) is 0 Å². The van der Waals surface area contributed by atoms with Gasteiger partial charge in [0.15, 0.2) is 0 Å². The van der Waals surface area contributed by atoms with E-state index in [-0.39, 0.29) is 18.3 Å². The molecule has 1 amide bonds. The SMILES string of the molecule is O=C(Nc1nnc(C2CC2)s1)c1ccccc1OCc1ccc(F)cc1. The van der Waals surface area contributed by atoms with Gasteiger partial charge in [0.1, 0.15) is 23.2 Å². The molecule has 0 spiro atoms. The number of hydrogen-bond acceptors (Lipinski definition) is 5. The van der Waals surface area contributed by atoms with Crippen LogP contribution in [0.1, 0.15) is 39.7 Å². The lowest BCUT2D eigenvalue weighted by molar-refractivity contribution is 0.102. The smallest absolute Gasteiger partial charge is 0.261 e. The van der Waals surface area contributed by atoms with Crippen LogP contribution in [0.5, 0.6) is 5.75 Å². The topological polar surface area (TPSA) is 64.1 Å². The molecule has 1 heterocycles. The van der Waals surface area contributed by atoms with Gasteiger partial charge in [-0.2, -0.15) is 0 Å². The van der Waals surface area contributed by atoms with Gasteiger partial charge in [-0.05, 0) is 42.7 Å². The Balaban J connectivity index is 1.45. The minimum atomic E-state index is -0.295. The molecule has 1 aliphatic carbocycles. The van der Waals surface area contributed by atoms with Crippen molar-refractivity contribution in [3.8, 4) is 5.75 Å². The Morgan fingerprint density at radius 2 is 1.92 bits per heavy atom. The van der Waals surface area contributed by atoms with E-state index < -0.39 is 0 Å². The Bertz CT molecular complexity index is 923. The molecule has 3 aromatic rings. The second kappa shape index (κ2) is 7.21. The zero-order valence-corrected chi connectivity index (χ0v) is 14.6. The van der Waals surface area contributed by atoms with Gasteiger partial charge in [-0.15, -0.1) is 10.2 Å². The lowest BCUT2D eigenvalue weighted by Crippen LogP contribution is -2.13. The van der Waals surface area contributed by atoms with Crippen molar-refractivity contribution < 1.29 is 13.9 Å². The lowest BCUT2D eigenvalue weighted by Gasteiger charge is -2.11. The van der Waals surface area contributed by atoms with Gasteiger partial charge in [-0.1, -0.05) is 35.6 Å². The summed E-state index contributed by atoms with van der Waals surface area (Å²) in [6, 6.07) is 13.1. The molecular formula is C19H16FN3O2S. The van der Waals surface area contributed by atoms with Gasteiger partial charge in [-0.25, -0.2) is 4.39 Å². The Morgan fingerprint density at radius 3 is 2.69 bits per heavy atom. The number of aromatic nitrogens is 2. The Labute approximate surface area is 153 Å². The molecule has 132 valence electrons. The largest absolute Gasteiger partial charge is 0.488 e. The Morgan fingerprint density at radius 1 is 1.15 bits per heavy atom. The van der Waals surface area contributed by atoms with Gasteiger partial charge < -0.3 is 4.74 Å². The summed E-state index contributed by atoms with van der Waals surface area (Å²) in [6.45, 7) is 0.245. The van der Waals surface area contributed by atoms with Crippen molar-refractivity contribution >= 4 is 22.4 Å². The first-order valence-electron chi connectivity index (χ1n) is 8.30. The standard InChI is InChI=1S/C19H16FN3O2S/c20-14-9-5-12(6-10-14)11-25-16-4-2-1-3-15(16)17(24)21-19-23-22-18(26-19)13-7-8-13/h1-6,9-10,13H,7-8,11H2,(H,21,23,24). The number of para-hydroxylation sites is 1. The predicted octanol–water partition coefficient (Wildman–Crippen LogP) is 4.39. The fraction of sp³-hybridized carbons (Fsp3) is 0.211. The third kappa shape index (κ3) is 3.88. The summed E-state index contributed by atoms with van der Waals surface area (Å²) in [4.78, 5) is 12.6. The van der Waals surface area contributed by atoms with Crippen LogP contribution < -0.4 is 10.1 Å². The number of amides is 1. The van der Waals surface area contributed by atoms with Gasteiger partial charge >= 0.3 is 0 Å². The van der Waals surface area contributed by atoms with Gasteiger partial charge in [0.05, 0.1) is 5.56 Å². The summed E-state index contributed by atoms with van der Waals surface area (Å²) in [6.07, 6.45) is 2.28. The Hall–Kier alpha value is -2.80. The molecule has 1 fully saturated rings. The molecular weight excluding hydrogens is 353 g/mol. The average Bonchev–Trinajstić information content (AvgIpc) is 3.41. The normalized spacial score (nSPS) is 13.4. The van der Waals surface area contributed by atoms with Gasteiger partial charge in [-0.3, -0.25) is 10.1 Å². The minimum absolute atomic E-state index is 0.245. The van der Waals surface area contributed by atoms with Gasteiger partial charge in [0, 0.05) is 5.92 Å². The fourth-order valence-electron chi connectivity index (χ4n) is 2.47. The second-order valence-electron chi connectivity index (χ2n) is 6.09. The highest BCUT2D eigenvalue weighted by Gasteiger charge is 2.28. The molecule has 0 atom stereocenters. The zero-order chi connectivity index (χ0) is 17.9. The molecule has 4 rings (SSSR count). The van der Waals surface area contributed by atoms with E-state index in [4.69, 9.17) is 4.74 Å². The van der Waals surface area contributed by atoms with Gasteiger partial charge in [0.2, 0.25) is 5.13 Å². The summed E-state index contributed by atoms with van der Waals surface area (Å²) in [5, 5.41) is 12.4. The first-order chi connectivity index (χ1) is 12.7. The zero-order valence-electron chi connectivity index (χ0n) is 13.8. The second-order valence-corrected chi connectivity index (χ2v) is 7.09. The minimum Gasteiger partial charge on any atom is -0.488 e. The first kappa shape index (κ1) is 16.7. The molecule has 1 saturated carbocycles. The number of nitrogens with one attached hydrogen (secondary N) is 1. The van der Waals surface area contributed by atoms with Crippen molar-refractivity contribution in [3.05, 3.63) is 70.5 Å². The molecule has 5 nitrogen and oxygen atoms in total. The number of benzene rings is 2. The monoisotopic (exact) mass is 369 g/mol. The van der Waals surface area contributed by atoms with Crippen LogP contribution in [0.3, 0.4) is 0 Å². The van der Waals surface area contributed by atoms with Crippen molar-refractivity contribution in [2.75, 3.05) is 5.32 Å². The molecule has 26 heavy (non-hydrogen) atoms. The van der Waals surface area contributed by atoms with Crippen molar-refractivity contribution in [3.63, 3.8) is 0 Å². The van der Waals surface area contributed by atoms with Crippen molar-refractivity contribution in [2.45, 2.75) is 25.4 Å². The van der Waals surface area contributed by atoms with E-state index in [0.717, 1.165) is 23.4 Å². The van der Waals surface area contributed by atoms with Crippen LogP contribution >= 0.6 is 11.3 Å². The van der Waals surface area contributed by atoms with Crippen LogP contribution in [0.25, 0.3) is 0 Å². The molecule has 0 radical (unpaired) electrons. The Kier molecular flexibility index (Phi) is 4.62. The van der Waals surface area contributed by atoms with Crippen LogP contribution in [-0.2, 0) is 6.61 Å². The summed E-state index contributed by atoms with van der Waals surface area (Å²) < 4.78 is 18.7. The maximum Gasteiger partial charge on any atom is 0.261 e. The molecule has 1 aromatic heterocycles. The highest BCUT2D eigenvalue weighted by atomic mass is 32.1. The third-order valence-electron chi connectivity index (χ3n) is 4.03. The fourth-order valence-corrected chi connectivity index (χ4v) is 3.37. The van der Waals surface area contributed by atoms with Crippen LogP contribution in [0, 0.1) is 5.82 Å². The quantitative estimate of drug-likeness (QED) is 0.700. The third-order valence-corrected chi connectivity index (χ3v) is 5.03. The molecule has 0 aliphatic heterocycles. The number of halogens is 1. The highest BCUT2D eigenvalue weighted by Crippen LogP contribution is 2.42. The number of anilines is 1.